The largest absolute Gasteiger partial charge is 0.391 e. The van der Waals surface area contributed by atoms with Gasteiger partial charge in [0.1, 0.15) is 5.78 Å². The molecule has 13 heavy (non-hydrogen) atoms. The van der Waals surface area contributed by atoms with Gasteiger partial charge in [-0.1, -0.05) is 0 Å². The van der Waals surface area contributed by atoms with Crippen molar-refractivity contribution >= 4 is 5.78 Å². The summed E-state index contributed by atoms with van der Waals surface area (Å²) in [5, 5.41) is 9.66. The minimum Gasteiger partial charge on any atom is -0.391 e. The van der Waals surface area contributed by atoms with Gasteiger partial charge >= 0.3 is 0 Å². The summed E-state index contributed by atoms with van der Waals surface area (Å²) in [6.07, 6.45) is 0.974. The molecule has 0 spiro atoms. The Morgan fingerprint density at radius 2 is 2.23 bits per heavy atom. The number of hydrogen-bond acceptors (Lipinski definition) is 3. The summed E-state index contributed by atoms with van der Waals surface area (Å²) in [5.74, 6) is 0.164. The van der Waals surface area contributed by atoms with E-state index in [9.17, 15) is 9.90 Å². The number of ketones is 1. The fourth-order valence-corrected chi connectivity index (χ4v) is 2.05. The molecule has 0 aliphatic carbocycles. The summed E-state index contributed by atoms with van der Waals surface area (Å²) in [6.45, 7) is 6.71. The highest BCUT2D eigenvalue weighted by Crippen LogP contribution is 2.23. The highest BCUT2D eigenvalue weighted by molar-refractivity contribution is 5.76. The topological polar surface area (TPSA) is 40.5 Å². The highest BCUT2D eigenvalue weighted by Gasteiger charge is 2.34. The first-order valence-corrected chi connectivity index (χ1v) is 4.95. The number of carbonyl (C=O) groups is 1. The van der Waals surface area contributed by atoms with E-state index in [0.29, 0.717) is 12.5 Å². The standard InChI is InChI=1S/C10H19NO2/c1-7(2)11-5-4-10(13)9(11)6-8(3)12/h7,9-10,13H,4-6H2,1-3H3/t9-,10+/m1/s1. The van der Waals surface area contributed by atoms with E-state index >= 15 is 0 Å². The summed E-state index contributed by atoms with van der Waals surface area (Å²) in [7, 11) is 0. The smallest absolute Gasteiger partial charge is 0.131 e. The lowest BCUT2D eigenvalue weighted by atomic mass is 10.1. The first-order valence-electron chi connectivity index (χ1n) is 4.95. The second-order valence-corrected chi connectivity index (χ2v) is 4.16. The van der Waals surface area contributed by atoms with Gasteiger partial charge in [-0.05, 0) is 27.2 Å². The van der Waals surface area contributed by atoms with Crippen molar-refractivity contribution in [3.63, 3.8) is 0 Å². The number of carbonyl (C=O) groups excluding carboxylic acids is 1. The molecule has 0 aromatic rings. The summed E-state index contributed by atoms with van der Waals surface area (Å²) in [5.41, 5.74) is 0. The van der Waals surface area contributed by atoms with Gasteiger partial charge in [-0.15, -0.1) is 0 Å². The van der Waals surface area contributed by atoms with Crippen molar-refractivity contribution in [2.45, 2.75) is 51.8 Å². The van der Waals surface area contributed by atoms with Gasteiger partial charge in [-0.2, -0.15) is 0 Å². The average Bonchev–Trinajstić information content (AvgIpc) is 2.32. The maximum Gasteiger partial charge on any atom is 0.131 e. The molecule has 3 nitrogen and oxygen atoms in total. The van der Waals surface area contributed by atoms with E-state index in [2.05, 4.69) is 18.7 Å². The molecule has 1 aliphatic heterocycles. The Kier molecular flexibility index (Phi) is 3.45. The van der Waals surface area contributed by atoms with Gasteiger partial charge in [0, 0.05) is 25.0 Å². The van der Waals surface area contributed by atoms with Gasteiger partial charge in [0.05, 0.1) is 6.10 Å². The summed E-state index contributed by atoms with van der Waals surface area (Å²) < 4.78 is 0. The van der Waals surface area contributed by atoms with Crippen LogP contribution in [0.1, 0.15) is 33.6 Å². The molecule has 76 valence electrons. The summed E-state index contributed by atoms with van der Waals surface area (Å²) in [6, 6.07) is 0.471. The van der Waals surface area contributed by atoms with Crippen molar-refractivity contribution in [1.82, 2.24) is 4.90 Å². The monoisotopic (exact) mass is 185 g/mol. The van der Waals surface area contributed by atoms with Gasteiger partial charge in [0.2, 0.25) is 0 Å². The molecule has 0 aromatic carbocycles. The van der Waals surface area contributed by atoms with Gasteiger partial charge in [-0.25, -0.2) is 0 Å². The zero-order valence-corrected chi connectivity index (χ0v) is 8.66. The van der Waals surface area contributed by atoms with Crippen LogP contribution in [0.3, 0.4) is 0 Å². The zero-order valence-electron chi connectivity index (χ0n) is 8.66. The van der Waals surface area contributed by atoms with Crippen LogP contribution in [0.5, 0.6) is 0 Å². The summed E-state index contributed by atoms with van der Waals surface area (Å²) >= 11 is 0. The van der Waals surface area contributed by atoms with Crippen molar-refractivity contribution in [3.8, 4) is 0 Å². The van der Waals surface area contributed by atoms with E-state index in [1.807, 2.05) is 0 Å². The van der Waals surface area contributed by atoms with Crippen molar-refractivity contribution in [3.05, 3.63) is 0 Å². The third kappa shape index (κ3) is 2.51. The molecule has 0 aromatic heterocycles. The van der Waals surface area contributed by atoms with Crippen LogP contribution in [0, 0.1) is 0 Å². The van der Waals surface area contributed by atoms with E-state index < -0.39 is 0 Å². The third-order valence-corrected chi connectivity index (χ3v) is 2.71. The van der Waals surface area contributed by atoms with Crippen LogP contribution in [-0.4, -0.2) is 40.5 Å². The minimum atomic E-state index is -0.314. The van der Waals surface area contributed by atoms with Crippen molar-refractivity contribution < 1.29 is 9.90 Å². The first kappa shape index (κ1) is 10.7. The number of aliphatic hydroxyl groups excluding tert-OH is 1. The maximum absolute atomic E-state index is 11.0. The van der Waals surface area contributed by atoms with Crippen LogP contribution < -0.4 is 0 Å². The van der Waals surface area contributed by atoms with Crippen LogP contribution in [-0.2, 0) is 4.79 Å². The molecule has 2 atom stereocenters. The van der Waals surface area contributed by atoms with Crippen LogP contribution in [0.2, 0.25) is 0 Å². The first-order chi connectivity index (χ1) is 6.02. The lowest BCUT2D eigenvalue weighted by Gasteiger charge is -2.28. The van der Waals surface area contributed by atoms with E-state index in [1.54, 1.807) is 6.92 Å². The molecule has 1 N–H and O–H groups in total. The maximum atomic E-state index is 11.0. The predicted octanol–water partition coefficient (Wildman–Crippen LogP) is 0.809. The molecule has 1 rings (SSSR count). The zero-order chi connectivity index (χ0) is 10.0. The van der Waals surface area contributed by atoms with E-state index in [4.69, 9.17) is 0 Å². The van der Waals surface area contributed by atoms with Gasteiger partial charge in [0.15, 0.2) is 0 Å². The fourth-order valence-electron chi connectivity index (χ4n) is 2.05. The van der Waals surface area contributed by atoms with Gasteiger partial charge in [0.25, 0.3) is 0 Å². The van der Waals surface area contributed by atoms with Crippen molar-refractivity contribution in [2.75, 3.05) is 6.54 Å². The number of Topliss-reactive ketones (excluding diaryl/α,β-unsaturated/α-hetero) is 1. The summed E-state index contributed by atoms with van der Waals surface area (Å²) in [4.78, 5) is 13.2. The molecule has 3 heteroatoms. The normalized spacial score (nSPS) is 29.9. The molecule has 0 bridgehead atoms. The Morgan fingerprint density at radius 3 is 2.69 bits per heavy atom. The lowest BCUT2D eigenvalue weighted by Crippen LogP contribution is -2.40. The number of rotatable bonds is 3. The lowest BCUT2D eigenvalue weighted by molar-refractivity contribution is -0.118. The van der Waals surface area contributed by atoms with Crippen molar-refractivity contribution in [1.29, 1.82) is 0 Å². The SMILES string of the molecule is CC(=O)C[C@@H]1[C@@H](O)CCN1C(C)C. The molecule has 1 aliphatic rings. The molecule has 0 radical (unpaired) electrons. The highest BCUT2D eigenvalue weighted by atomic mass is 16.3. The molecule has 0 unspecified atom stereocenters. The van der Waals surface area contributed by atoms with Crippen LogP contribution in [0.25, 0.3) is 0 Å². The quantitative estimate of drug-likeness (QED) is 0.707. The molecule has 0 saturated carbocycles. The number of nitrogens with zero attached hydrogens (tertiary/aromatic N) is 1. The second-order valence-electron chi connectivity index (χ2n) is 4.16. The molecule has 1 fully saturated rings. The third-order valence-electron chi connectivity index (χ3n) is 2.71. The predicted molar refractivity (Wildman–Crippen MR) is 51.6 cm³/mol. The van der Waals surface area contributed by atoms with Crippen LogP contribution in [0.4, 0.5) is 0 Å². The molecule has 0 amide bonds. The molecule has 1 saturated heterocycles. The van der Waals surface area contributed by atoms with E-state index in [1.165, 1.54) is 0 Å². The average molecular weight is 185 g/mol. The Balaban J connectivity index is 2.60. The minimum absolute atomic E-state index is 0.0532. The molecule has 1 heterocycles. The Morgan fingerprint density at radius 1 is 1.62 bits per heavy atom. The van der Waals surface area contributed by atoms with E-state index in [0.717, 1.165) is 13.0 Å². The number of hydrogen-bond donors (Lipinski definition) is 1. The Hall–Kier alpha value is -0.410. The molecular formula is C10H19NO2. The second kappa shape index (κ2) is 4.20. The Bertz CT molecular complexity index is 191. The van der Waals surface area contributed by atoms with Crippen molar-refractivity contribution in [2.24, 2.45) is 0 Å². The van der Waals surface area contributed by atoms with Gasteiger partial charge < -0.3 is 5.11 Å². The van der Waals surface area contributed by atoms with E-state index in [-0.39, 0.29) is 17.9 Å². The number of aliphatic hydroxyl groups is 1. The number of likely N-dealkylation sites (tertiary alicyclic amines) is 1. The Labute approximate surface area is 79.7 Å². The van der Waals surface area contributed by atoms with Crippen LogP contribution in [0.15, 0.2) is 0 Å². The van der Waals surface area contributed by atoms with Crippen LogP contribution >= 0.6 is 0 Å². The fraction of sp³-hybridized carbons (Fsp3) is 0.900. The molecular weight excluding hydrogens is 166 g/mol. The van der Waals surface area contributed by atoms with Gasteiger partial charge in [-0.3, -0.25) is 9.69 Å².